The molecular weight excluding hydrogens is 448 g/mol. The maximum Gasteiger partial charge on any atom is 0.258 e. The highest BCUT2D eigenvalue weighted by Crippen LogP contribution is 2.29. The number of halogens is 1. The summed E-state index contributed by atoms with van der Waals surface area (Å²) >= 11 is 7.71. The molecule has 170 valence electrons. The molecule has 0 aliphatic heterocycles. The molecule has 32 heavy (non-hydrogen) atoms. The maximum atomic E-state index is 13.5. The highest BCUT2D eigenvalue weighted by Gasteiger charge is 2.24. The summed E-state index contributed by atoms with van der Waals surface area (Å²) in [6.45, 7) is 4.57. The van der Waals surface area contributed by atoms with E-state index >= 15 is 0 Å². The lowest BCUT2D eigenvalue weighted by molar-refractivity contribution is 0.0666. The molecule has 0 fully saturated rings. The van der Waals surface area contributed by atoms with Crippen LogP contribution in [-0.4, -0.2) is 34.0 Å². The van der Waals surface area contributed by atoms with Crippen molar-refractivity contribution < 1.29 is 19.4 Å². The fourth-order valence-electron chi connectivity index (χ4n) is 3.25. The number of methoxy groups -OCH3 is 1. The molecule has 1 N–H and O–H groups in total. The minimum Gasteiger partial charge on any atom is -0.496 e. The van der Waals surface area contributed by atoms with Crippen LogP contribution in [0.3, 0.4) is 0 Å². The first-order chi connectivity index (χ1) is 15.5. The summed E-state index contributed by atoms with van der Waals surface area (Å²) in [7, 11) is 1.56. The van der Waals surface area contributed by atoms with Crippen LogP contribution in [-0.2, 0) is 19.8 Å². The molecule has 8 heteroatoms. The number of nitrogens with zero attached hydrogens (tertiary/aromatic N) is 2. The van der Waals surface area contributed by atoms with Crippen molar-refractivity contribution in [1.82, 2.24) is 9.88 Å². The van der Waals surface area contributed by atoms with Gasteiger partial charge in [-0.3, -0.25) is 4.79 Å². The van der Waals surface area contributed by atoms with Crippen LogP contribution < -0.4 is 9.47 Å². The van der Waals surface area contributed by atoms with E-state index in [1.165, 1.54) is 11.3 Å². The molecule has 0 saturated heterocycles. The van der Waals surface area contributed by atoms with E-state index in [1.807, 2.05) is 36.9 Å². The number of aromatic nitrogens is 1. The molecule has 6 nitrogen and oxygen atoms in total. The van der Waals surface area contributed by atoms with Gasteiger partial charge in [0.2, 0.25) is 0 Å². The number of hydrogen-bond donors (Lipinski definition) is 1. The minimum atomic E-state index is -0.116. The third-order valence-corrected chi connectivity index (χ3v) is 6.30. The second-order valence-electron chi connectivity index (χ2n) is 7.32. The summed E-state index contributed by atoms with van der Waals surface area (Å²) in [6, 6.07) is 12.6. The molecule has 2 aromatic carbocycles. The zero-order valence-corrected chi connectivity index (χ0v) is 19.9. The van der Waals surface area contributed by atoms with E-state index < -0.39 is 0 Å². The summed E-state index contributed by atoms with van der Waals surface area (Å²) in [6.07, 6.45) is 0.792. The number of ether oxygens (including phenoxy) is 2. The number of carbonyl (C=O) groups excluding carboxylic acids is 1. The molecule has 3 aromatic rings. The number of para-hydroxylation sites is 1. The fraction of sp³-hybridized carbons (Fsp3) is 0.333. The monoisotopic (exact) mass is 474 g/mol. The molecule has 1 atom stereocenters. The quantitative estimate of drug-likeness (QED) is 0.430. The Hall–Kier alpha value is -2.61. The first kappa shape index (κ1) is 24.0. The zero-order valence-electron chi connectivity index (χ0n) is 18.4. The summed E-state index contributed by atoms with van der Waals surface area (Å²) in [5.41, 5.74) is 1.94. The topological polar surface area (TPSA) is 71.9 Å². The van der Waals surface area contributed by atoms with Gasteiger partial charge in [-0.05, 0) is 43.7 Å². The van der Waals surface area contributed by atoms with Crippen molar-refractivity contribution in [3.63, 3.8) is 0 Å². The van der Waals surface area contributed by atoms with Gasteiger partial charge in [0.1, 0.15) is 23.1 Å². The molecule has 0 aliphatic carbocycles. The van der Waals surface area contributed by atoms with Gasteiger partial charge in [0.05, 0.1) is 25.0 Å². The van der Waals surface area contributed by atoms with Crippen molar-refractivity contribution in [2.45, 2.75) is 46.1 Å². The number of carbonyl (C=O) groups is 1. The van der Waals surface area contributed by atoms with Crippen LogP contribution in [0.2, 0.25) is 5.02 Å². The Kier molecular flexibility index (Phi) is 8.50. The standard InChI is InChI=1S/C24H27ClN2O4S/c1-4-16(2)27(24(29)20-7-5-6-8-22(20)30-3)12-17-11-18(25)9-10-21(17)31-14-23-26-19(13-28)15-32-23/h5-11,15-16,28H,4,12-14H2,1-3H3. The molecule has 1 heterocycles. The van der Waals surface area contributed by atoms with Crippen molar-refractivity contribution in [1.29, 1.82) is 0 Å². The highest BCUT2D eigenvalue weighted by atomic mass is 35.5. The lowest BCUT2D eigenvalue weighted by Crippen LogP contribution is -2.38. The van der Waals surface area contributed by atoms with E-state index in [0.717, 1.165) is 17.0 Å². The van der Waals surface area contributed by atoms with Gasteiger partial charge < -0.3 is 19.5 Å². The SMILES string of the molecule is CCC(C)N(Cc1cc(Cl)ccc1OCc1nc(CO)cs1)C(=O)c1ccccc1OC. The van der Waals surface area contributed by atoms with E-state index in [2.05, 4.69) is 4.98 Å². The van der Waals surface area contributed by atoms with Crippen LogP contribution in [0.4, 0.5) is 0 Å². The third-order valence-electron chi connectivity index (χ3n) is 5.20. The molecule has 1 amide bonds. The van der Waals surface area contributed by atoms with Gasteiger partial charge in [0.15, 0.2) is 0 Å². The molecule has 1 aromatic heterocycles. The number of hydrogen-bond acceptors (Lipinski definition) is 6. The Morgan fingerprint density at radius 2 is 2.03 bits per heavy atom. The second-order valence-corrected chi connectivity index (χ2v) is 8.70. The fourth-order valence-corrected chi connectivity index (χ4v) is 4.14. The molecule has 0 spiro atoms. The zero-order chi connectivity index (χ0) is 23.1. The van der Waals surface area contributed by atoms with Crippen molar-refractivity contribution in [3.8, 4) is 11.5 Å². The average Bonchev–Trinajstić information content (AvgIpc) is 3.29. The Balaban J connectivity index is 1.87. The van der Waals surface area contributed by atoms with E-state index in [1.54, 1.807) is 36.8 Å². The lowest BCUT2D eigenvalue weighted by atomic mass is 10.1. The predicted molar refractivity (Wildman–Crippen MR) is 126 cm³/mol. The van der Waals surface area contributed by atoms with E-state index in [-0.39, 0.29) is 25.2 Å². The Morgan fingerprint density at radius 1 is 1.25 bits per heavy atom. The maximum absolute atomic E-state index is 13.5. The van der Waals surface area contributed by atoms with Crippen LogP contribution in [0.1, 0.15) is 46.9 Å². The Bertz CT molecular complexity index is 1060. The van der Waals surface area contributed by atoms with Crippen LogP contribution in [0, 0.1) is 0 Å². The molecule has 0 radical (unpaired) electrons. The highest BCUT2D eigenvalue weighted by molar-refractivity contribution is 7.09. The van der Waals surface area contributed by atoms with Gasteiger partial charge >= 0.3 is 0 Å². The van der Waals surface area contributed by atoms with Crippen LogP contribution in [0.15, 0.2) is 47.8 Å². The van der Waals surface area contributed by atoms with E-state index in [9.17, 15) is 9.90 Å². The van der Waals surface area contributed by atoms with Gasteiger partial charge in [0, 0.05) is 28.6 Å². The molecule has 0 aliphatic rings. The molecule has 1 unspecified atom stereocenters. The summed E-state index contributed by atoms with van der Waals surface area (Å²) in [4.78, 5) is 19.6. The first-order valence-corrected chi connectivity index (χ1v) is 11.6. The number of rotatable bonds is 10. The van der Waals surface area contributed by atoms with E-state index in [0.29, 0.717) is 34.3 Å². The minimum absolute atomic E-state index is 0.00896. The van der Waals surface area contributed by atoms with Gasteiger partial charge in [-0.2, -0.15) is 0 Å². The van der Waals surface area contributed by atoms with Gasteiger partial charge in [-0.25, -0.2) is 4.98 Å². The number of aliphatic hydroxyl groups excluding tert-OH is 1. The predicted octanol–water partition coefficient (Wildman–Crippen LogP) is 5.32. The molecular formula is C24H27ClN2O4S. The largest absolute Gasteiger partial charge is 0.496 e. The summed E-state index contributed by atoms with van der Waals surface area (Å²) < 4.78 is 11.4. The van der Waals surface area contributed by atoms with Gasteiger partial charge in [0.25, 0.3) is 5.91 Å². The van der Waals surface area contributed by atoms with Crippen LogP contribution in [0.25, 0.3) is 0 Å². The third kappa shape index (κ3) is 5.79. The summed E-state index contributed by atoms with van der Waals surface area (Å²) in [5, 5.41) is 12.3. The van der Waals surface area contributed by atoms with Crippen molar-refractivity contribution in [3.05, 3.63) is 74.7 Å². The Morgan fingerprint density at radius 3 is 2.72 bits per heavy atom. The molecule has 0 saturated carbocycles. The van der Waals surface area contributed by atoms with Crippen molar-refractivity contribution in [2.75, 3.05) is 7.11 Å². The van der Waals surface area contributed by atoms with Crippen LogP contribution in [0.5, 0.6) is 11.5 Å². The Labute approximate surface area is 197 Å². The first-order valence-electron chi connectivity index (χ1n) is 10.4. The molecule has 3 rings (SSSR count). The number of amides is 1. The van der Waals surface area contributed by atoms with Crippen LogP contribution >= 0.6 is 22.9 Å². The van der Waals surface area contributed by atoms with Gasteiger partial charge in [-0.1, -0.05) is 30.7 Å². The lowest BCUT2D eigenvalue weighted by Gasteiger charge is -2.30. The summed E-state index contributed by atoms with van der Waals surface area (Å²) in [5.74, 6) is 1.06. The van der Waals surface area contributed by atoms with Crippen molar-refractivity contribution in [2.24, 2.45) is 0 Å². The number of thiazole rings is 1. The number of aliphatic hydroxyl groups is 1. The second kappa shape index (κ2) is 11.3. The van der Waals surface area contributed by atoms with Gasteiger partial charge in [-0.15, -0.1) is 11.3 Å². The number of benzene rings is 2. The average molecular weight is 475 g/mol. The molecule has 0 bridgehead atoms. The smallest absolute Gasteiger partial charge is 0.258 e. The van der Waals surface area contributed by atoms with Crippen molar-refractivity contribution >= 4 is 28.8 Å². The normalized spacial score (nSPS) is 11.8. The van der Waals surface area contributed by atoms with E-state index in [4.69, 9.17) is 21.1 Å².